The Balaban J connectivity index is 2.10. The number of nitro benzene ring substituents is 1. The average Bonchev–Trinajstić information content (AvgIpc) is 3.20. The summed E-state index contributed by atoms with van der Waals surface area (Å²) in [5.74, 6) is 4.93. The van der Waals surface area contributed by atoms with Crippen molar-refractivity contribution < 1.29 is 14.2 Å². The summed E-state index contributed by atoms with van der Waals surface area (Å²) in [6, 6.07) is 7.43. The van der Waals surface area contributed by atoms with Crippen LogP contribution in [0.2, 0.25) is 0 Å². The number of carbonyl (C=O) groups is 1. The minimum absolute atomic E-state index is 0.0801. The molecule has 0 saturated carbocycles. The SMILES string of the molecule is NNC(=O)c1cc(-c2onc(N)c2-c2cccc([N+](=O)[O-])c2)c[nH]1. The van der Waals surface area contributed by atoms with Crippen LogP contribution in [0.15, 0.2) is 41.1 Å². The molecule has 122 valence electrons. The molecule has 2 aromatic heterocycles. The lowest BCUT2D eigenvalue weighted by Crippen LogP contribution is -2.30. The highest BCUT2D eigenvalue weighted by Gasteiger charge is 2.21. The van der Waals surface area contributed by atoms with E-state index < -0.39 is 10.8 Å². The molecule has 0 spiro atoms. The number of hydrogen-bond acceptors (Lipinski definition) is 7. The Kier molecular flexibility index (Phi) is 3.72. The fourth-order valence-corrected chi connectivity index (χ4v) is 2.29. The molecule has 2 heterocycles. The normalized spacial score (nSPS) is 10.5. The molecule has 1 aromatic carbocycles. The minimum atomic E-state index is -0.509. The Bertz CT molecular complexity index is 929. The fraction of sp³-hybridized carbons (Fsp3) is 0. The van der Waals surface area contributed by atoms with E-state index in [9.17, 15) is 14.9 Å². The summed E-state index contributed by atoms with van der Waals surface area (Å²) in [5.41, 5.74) is 9.35. The van der Waals surface area contributed by atoms with Gasteiger partial charge in [-0.25, -0.2) is 5.84 Å². The first-order chi connectivity index (χ1) is 11.5. The summed E-state index contributed by atoms with van der Waals surface area (Å²) < 4.78 is 5.24. The molecule has 0 unspecified atom stereocenters. The molecule has 1 amide bonds. The number of hydrogen-bond donors (Lipinski definition) is 4. The van der Waals surface area contributed by atoms with Gasteiger partial charge in [0.2, 0.25) is 0 Å². The van der Waals surface area contributed by atoms with Gasteiger partial charge in [0.05, 0.1) is 10.5 Å². The number of nitrogen functional groups attached to an aromatic ring is 2. The minimum Gasteiger partial charge on any atom is -0.380 e. The van der Waals surface area contributed by atoms with E-state index >= 15 is 0 Å². The number of non-ortho nitro benzene ring substituents is 1. The first-order valence-electron chi connectivity index (χ1n) is 6.71. The van der Waals surface area contributed by atoms with Gasteiger partial charge in [-0.1, -0.05) is 17.3 Å². The van der Waals surface area contributed by atoms with E-state index in [1.54, 1.807) is 6.07 Å². The fourth-order valence-electron chi connectivity index (χ4n) is 2.29. The summed E-state index contributed by atoms with van der Waals surface area (Å²) in [7, 11) is 0. The van der Waals surface area contributed by atoms with Crippen LogP contribution in [-0.2, 0) is 0 Å². The number of nitro groups is 1. The van der Waals surface area contributed by atoms with Gasteiger partial charge in [0.1, 0.15) is 5.69 Å². The number of rotatable bonds is 4. The van der Waals surface area contributed by atoms with Gasteiger partial charge in [0.15, 0.2) is 11.6 Å². The molecule has 10 nitrogen and oxygen atoms in total. The van der Waals surface area contributed by atoms with Crippen molar-refractivity contribution in [2.45, 2.75) is 0 Å². The zero-order valence-corrected chi connectivity index (χ0v) is 12.1. The predicted octanol–water partition coefficient (Wildman–Crippen LogP) is 1.43. The van der Waals surface area contributed by atoms with Crippen LogP contribution in [-0.4, -0.2) is 21.0 Å². The van der Waals surface area contributed by atoms with E-state index in [1.165, 1.54) is 30.5 Å². The van der Waals surface area contributed by atoms with Crippen molar-refractivity contribution in [2.75, 3.05) is 5.73 Å². The molecule has 3 aromatic rings. The van der Waals surface area contributed by atoms with E-state index in [1.807, 2.05) is 5.43 Å². The molecule has 3 rings (SSSR count). The van der Waals surface area contributed by atoms with Gasteiger partial charge < -0.3 is 15.2 Å². The highest BCUT2D eigenvalue weighted by Crippen LogP contribution is 2.37. The third kappa shape index (κ3) is 2.57. The van der Waals surface area contributed by atoms with Crippen molar-refractivity contribution in [1.82, 2.24) is 15.6 Å². The van der Waals surface area contributed by atoms with E-state index in [4.69, 9.17) is 16.1 Å². The van der Waals surface area contributed by atoms with Crippen molar-refractivity contribution in [3.8, 4) is 22.5 Å². The number of H-pyrrole nitrogens is 1. The molecule has 0 saturated heterocycles. The summed E-state index contributed by atoms with van der Waals surface area (Å²) in [6.45, 7) is 0. The average molecular weight is 328 g/mol. The molecular weight excluding hydrogens is 316 g/mol. The molecule has 10 heteroatoms. The van der Waals surface area contributed by atoms with Crippen LogP contribution in [0.4, 0.5) is 11.5 Å². The number of aromatic amines is 1. The standard InChI is InChI=1S/C14H12N6O4/c15-13-11(7-2-1-3-9(4-7)20(22)23)12(24-19-13)8-5-10(17-6-8)14(21)18-16/h1-6,17H,16H2,(H2,15,19)(H,18,21). The molecule has 0 bridgehead atoms. The van der Waals surface area contributed by atoms with Crippen LogP contribution in [0.25, 0.3) is 22.5 Å². The quantitative estimate of drug-likeness (QED) is 0.243. The van der Waals surface area contributed by atoms with Gasteiger partial charge in [-0.15, -0.1) is 0 Å². The monoisotopic (exact) mass is 328 g/mol. The first kappa shape index (κ1) is 15.2. The van der Waals surface area contributed by atoms with Crippen molar-refractivity contribution in [1.29, 1.82) is 0 Å². The Morgan fingerprint density at radius 3 is 2.83 bits per heavy atom. The largest absolute Gasteiger partial charge is 0.380 e. The zero-order chi connectivity index (χ0) is 17.3. The van der Waals surface area contributed by atoms with Crippen molar-refractivity contribution in [3.05, 3.63) is 52.3 Å². The second-order valence-corrected chi connectivity index (χ2v) is 4.85. The molecule has 0 atom stereocenters. The lowest BCUT2D eigenvalue weighted by atomic mass is 10.0. The number of carbonyl (C=O) groups excluding carboxylic acids is 1. The van der Waals surface area contributed by atoms with E-state index in [0.29, 0.717) is 16.7 Å². The van der Waals surface area contributed by atoms with Crippen molar-refractivity contribution in [3.63, 3.8) is 0 Å². The molecule has 0 radical (unpaired) electrons. The summed E-state index contributed by atoms with van der Waals surface area (Å²) in [5, 5.41) is 14.7. The molecule has 6 N–H and O–H groups in total. The van der Waals surface area contributed by atoms with Crippen LogP contribution < -0.4 is 17.0 Å². The Hall–Kier alpha value is -3.66. The topological polar surface area (TPSA) is 166 Å². The maximum absolute atomic E-state index is 11.5. The van der Waals surface area contributed by atoms with Crippen molar-refractivity contribution >= 4 is 17.4 Å². The molecule has 0 aliphatic rings. The number of nitrogens with zero attached hydrogens (tertiary/aromatic N) is 2. The first-order valence-corrected chi connectivity index (χ1v) is 6.71. The molecule has 0 aliphatic heterocycles. The zero-order valence-electron chi connectivity index (χ0n) is 12.1. The maximum Gasteiger partial charge on any atom is 0.281 e. The molecule has 0 aliphatic carbocycles. The van der Waals surface area contributed by atoms with Crippen LogP contribution in [0.1, 0.15) is 10.5 Å². The summed E-state index contributed by atoms with van der Waals surface area (Å²) in [4.78, 5) is 24.7. The number of nitrogens with two attached hydrogens (primary N) is 2. The second kappa shape index (κ2) is 5.85. The van der Waals surface area contributed by atoms with Gasteiger partial charge in [0.25, 0.3) is 11.6 Å². The second-order valence-electron chi connectivity index (χ2n) is 4.85. The van der Waals surface area contributed by atoms with Gasteiger partial charge in [-0.3, -0.25) is 20.3 Å². The van der Waals surface area contributed by atoms with Crippen LogP contribution in [0.3, 0.4) is 0 Å². The maximum atomic E-state index is 11.5. The number of nitrogens with one attached hydrogen (secondary N) is 2. The Morgan fingerprint density at radius 2 is 2.12 bits per heavy atom. The smallest absolute Gasteiger partial charge is 0.281 e. The summed E-state index contributed by atoms with van der Waals surface area (Å²) >= 11 is 0. The van der Waals surface area contributed by atoms with Crippen LogP contribution in [0.5, 0.6) is 0 Å². The van der Waals surface area contributed by atoms with E-state index in [-0.39, 0.29) is 23.0 Å². The molecule has 0 fully saturated rings. The number of anilines is 1. The molecular formula is C14H12N6O4. The van der Waals surface area contributed by atoms with Gasteiger partial charge in [-0.2, -0.15) is 0 Å². The Labute approximate surface area is 134 Å². The Morgan fingerprint density at radius 1 is 1.33 bits per heavy atom. The lowest BCUT2D eigenvalue weighted by Gasteiger charge is -2.01. The van der Waals surface area contributed by atoms with Crippen molar-refractivity contribution in [2.24, 2.45) is 5.84 Å². The van der Waals surface area contributed by atoms with E-state index in [2.05, 4.69) is 10.1 Å². The van der Waals surface area contributed by atoms with Crippen LogP contribution in [0, 0.1) is 10.1 Å². The van der Waals surface area contributed by atoms with E-state index in [0.717, 1.165) is 0 Å². The van der Waals surface area contributed by atoms with Crippen LogP contribution >= 0.6 is 0 Å². The number of amides is 1. The number of benzene rings is 1. The summed E-state index contributed by atoms with van der Waals surface area (Å²) in [6.07, 6.45) is 1.52. The number of aromatic nitrogens is 2. The highest BCUT2D eigenvalue weighted by atomic mass is 16.6. The predicted molar refractivity (Wildman–Crippen MR) is 84.4 cm³/mol. The number of hydrazine groups is 1. The highest BCUT2D eigenvalue weighted by molar-refractivity contribution is 5.95. The van der Waals surface area contributed by atoms with Gasteiger partial charge in [0, 0.05) is 23.9 Å². The molecule has 24 heavy (non-hydrogen) atoms. The third-order valence-electron chi connectivity index (χ3n) is 3.39. The third-order valence-corrected chi connectivity index (χ3v) is 3.39. The van der Waals surface area contributed by atoms with Gasteiger partial charge >= 0.3 is 0 Å². The lowest BCUT2D eigenvalue weighted by molar-refractivity contribution is -0.384. The van der Waals surface area contributed by atoms with Gasteiger partial charge in [-0.05, 0) is 11.6 Å².